The van der Waals surface area contributed by atoms with Gasteiger partial charge < -0.3 is 15.5 Å². The SMILES string of the molecule is CC(C)(CC(O)(Cc1ccccc1)C(=O)Nc1ccc(C#N)c(C(F)(F)F)c1)c1cc(F)ccc1O. The second kappa shape index (κ2) is 9.99. The van der Waals surface area contributed by atoms with Crippen molar-refractivity contribution in [3.05, 3.63) is 94.8 Å². The first kappa shape index (κ1) is 26.7. The predicted molar refractivity (Wildman–Crippen MR) is 126 cm³/mol. The van der Waals surface area contributed by atoms with Crippen molar-refractivity contribution in [1.82, 2.24) is 0 Å². The standard InChI is InChI=1S/C27H24F4N2O3/c1-25(2,22-12-19(28)9-11-23(22)34)16-26(36,14-17-6-4-3-5-7-17)24(35)33-20-10-8-18(15-32)21(13-20)27(29,30)31/h3-13,34,36H,14,16H2,1-2H3,(H,33,35). The van der Waals surface area contributed by atoms with Crippen LogP contribution in [0.3, 0.4) is 0 Å². The number of benzene rings is 3. The molecule has 1 unspecified atom stereocenters. The van der Waals surface area contributed by atoms with E-state index in [1.54, 1.807) is 44.2 Å². The van der Waals surface area contributed by atoms with E-state index in [1.165, 1.54) is 6.07 Å². The summed E-state index contributed by atoms with van der Waals surface area (Å²) in [5.74, 6) is -1.84. The number of nitrogens with one attached hydrogen (secondary N) is 1. The first-order valence-corrected chi connectivity index (χ1v) is 10.9. The van der Waals surface area contributed by atoms with Gasteiger partial charge in [0, 0.05) is 17.7 Å². The Kier molecular flexibility index (Phi) is 7.41. The number of hydrogen-bond acceptors (Lipinski definition) is 4. The highest BCUT2D eigenvalue weighted by molar-refractivity contribution is 5.97. The molecule has 0 saturated carbocycles. The molecule has 0 aliphatic rings. The summed E-state index contributed by atoms with van der Waals surface area (Å²) in [6.45, 7) is 3.21. The lowest BCUT2D eigenvalue weighted by Crippen LogP contribution is -2.49. The summed E-state index contributed by atoms with van der Waals surface area (Å²) in [7, 11) is 0. The molecular formula is C27H24F4N2O3. The number of amides is 1. The molecule has 0 heterocycles. The van der Waals surface area contributed by atoms with Gasteiger partial charge in [-0.2, -0.15) is 18.4 Å². The van der Waals surface area contributed by atoms with Gasteiger partial charge in [-0.25, -0.2) is 4.39 Å². The normalized spacial score (nSPS) is 13.5. The number of nitriles is 1. The molecule has 0 aliphatic heterocycles. The number of carbonyl (C=O) groups excluding carboxylic acids is 1. The van der Waals surface area contributed by atoms with E-state index in [1.807, 2.05) is 0 Å². The van der Waals surface area contributed by atoms with Gasteiger partial charge in [0.05, 0.1) is 17.2 Å². The Balaban J connectivity index is 2.01. The average Bonchev–Trinajstić information content (AvgIpc) is 2.80. The molecule has 5 nitrogen and oxygen atoms in total. The second-order valence-electron chi connectivity index (χ2n) is 9.24. The molecule has 188 valence electrons. The zero-order valence-electron chi connectivity index (χ0n) is 19.5. The van der Waals surface area contributed by atoms with Crippen molar-refractivity contribution in [2.45, 2.75) is 43.9 Å². The number of nitrogens with zero attached hydrogens (tertiary/aromatic N) is 1. The van der Waals surface area contributed by atoms with Gasteiger partial charge >= 0.3 is 6.18 Å². The van der Waals surface area contributed by atoms with Gasteiger partial charge in [0.1, 0.15) is 17.2 Å². The topological polar surface area (TPSA) is 93.4 Å². The Hall–Kier alpha value is -3.90. The van der Waals surface area contributed by atoms with Crippen LogP contribution in [0.15, 0.2) is 66.7 Å². The molecule has 1 amide bonds. The van der Waals surface area contributed by atoms with Crippen molar-refractivity contribution < 1.29 is 32.6 Å². The highest BCUT2D eigenvalue weighted by atomic mass is 19.4. The van der Waals surface area contributed by atoms with Crippen LogP contribution in [0.1, 0.15) is 42.5 Å². The van der Waals surface area contributed by atoms with Gasteiger partial charge in [-0.1, -0.05) is 44.2 Å². The van der Waals surface area contributed by atoms with Crippen molar-refractivity contribution >= 4 is 11.6 Å². The summed E-state index contributed by atoms with van der Waals surface area (Å²) in [4.78, 5) is 13.4. The minimum Gasteiger partial charge on any atom is -0.508 e. The fourth-order valence-corrected chi connectivity index (χ4v) is 4.23. The lowest BCUT2D eigenvalue weighted by molar-refractivity contribution is -0.138. The van der Waals surface area contributed by atoms with E-state index in [-0.39, 0.29) is 29.8 Å². The molecule has 0 aromatic heterocycles. The Labute approximate surface area is 205 Å². The van der Waals surface area contributed by atoms with Gasteiger partial charge in [-0.15, -0.1) is 0 Å². The number of rotatable bonds is 7. The summed E-state index contributed by atoms with van der Waals surface area (Å²) < 4.78 is 54.1. The molecule has 1 atom stereocenters. The molecule has 0 radical (unpaired) electrons. The van der Waals surface area contributed by atoms with E-state index in [0.29, 0.717) is 11.6 Å². The maximum Gasteiger partial charge on any atom is 0.417 e. The number of carbonyl (C=O) groups is 1. The Morgan fingerprint density at radius 1 is 1.00 bits per heavy atom. The number of phenols is 1. The second-order valence-corrected chi connectivity index (χ2v) is 9.24. The third-order valence-corrected chi connectivity index (χ3v) is 5.89. The first-order chi connectivity index (χ1) is 16.7. The van der Waals surface area contributed by atoms with Crippen LogP contribution >= 0.6 is 0 Å². The Morgan fingerprint density at radius 3 is 2.28 bits per heavy atom. The highest BCUT2D eigenvalue weighted by Gasteiger charge is 2.43. The number of aromatic hydroxyl groups is 1. The van der Waals surface area contributed by atoms with E-state index in [9.17, 15) is 32.6 Å². The molecule has 0 spiro atoms. The molecule has 0 saturated heterocycles. The Morgan fingerprint density at radius 2 is 1.67 bits per heavy atom. The number of anilines is 1. The summed E-state index contributed by atoms with van der Waals surface area (Å²) >= 11 is 0. The molecule has 3 aromatic rings. The largest absolute Gasteiger partial charge is 0.508 e. The average molecular weight is 500 g/mol. The van der Waals surface area contributed by atoms with Crippen LogP contribution in [0.25, 0.3) is 0 Å². The van der Waals surface area contributed by atoms with Crippen molar-refractivity contribution in [3.63, 3.8) is 0 Å². The zero-order valence-corrected chi connectivity index (χ0v) is 19.5. The molecule has 36 heavy (non-hydrogen) atoms. The summed E-state index contributed by atoms with van der Waals surface area (Å²) in [6, 6.07) is 16.0. The van der Waals surface area contributed by atoms with E-state index >= 15 is 0 Å². The maximum atomic E-state index is 13.9. The molecule has 9 heteroatoms. The van der Waals surface area contributed by atoms with Crippen LogP contribution < -0.4 is 5.32 Å². The number of alkyl halides is 3. The Bertz CT molecular complexity index is 1300. The first-order valence-electron chi connectivity index (χ1n) is 10.9. The van der Waals surface area contributed by atoms with Crippen LogP contribution in [0.2, 0.25) is 0 Å². The predicted octanol–water partition coefficient (Wildman–Crippen LogP) is 5.70. The van der Waals surface area contributed by atoms with Crippen LogP contribution in [-0.4, -0.2) is 21.7 Å². The molecule has 3 rings (SSSR count). The third-order valence-electron chi connectivity index (χ3n) is 5.89. The molecule has 3 aromatic carbocycles. The summed E-state index contributed by atoms with van der Waals surface area (Å²) in [6.07, 6.45) is -5.34. The van der Waals surface area contributed by atoms with E-state index < -0.39 is 40.0 Å². The van der Waals surface area contributed by atoms with Gasteiger partial charge in [-0.05, 0) is 53.8 Å². The third kappa shape index (κ3) is 6.01. The molecule has 0 fully saturated rings. The number of hydrogen-bond donors (Lipinski definition) is 3. The van der Waals surface area contributed by atoms with Crippen LogP contribution in [0.5, 0.6) is 5.75 Å². The molecule has 3 N–H and O–H groups in total. The lowest BCUT2D eigenvalue weighted by Gasteiger charge is -2.36. The van der Waals surface area contributed by atoms with Gasteiger partial charge in [0.15, 0.2) is 0 Å². The minimum absolute atomic E-state index is 0.152. The van der Waals surface area contributed by atoms with E-state index in [0.717, 1.165) is 30.3 Å². The molecule has 0 bridgehead atoms. The van der Waals surface area contributed by atoms with E-state index in [2.05, 4.69) is 5.32 Å². The number of phenolic OH excluding ortho intramolecular Hbond substituents is 1. The number of halogens is 4. The quantitative estimate of drug-likeness (QED) is 0.363. The van der Waals surface area contributed by atoms with Crippen LogP contribution in [-0.2, 0) is 22.8 Å². The monoisotopic (exact) mass is 500 g/mol. The van der Waals surface area contributed by atoms with Gasteiger partial charge in [-0.3, -0.25) is 4.79 Å². The fourth-order valence-electron chi connectivity index (χ4n) is 4.23. The number of aliphatic hydroxyl groups is 1. The summed E-state index contributed by atoms with van der Waals surface area (Å²) in [5, 5.41) is 33.3. The minimum atomic E-state index is -4.83. The van der Waals surface area contributed by atoms with Gasteiger partial charge in [0.25, 0.3) is 5.91 Å². The van der Waals surface area contributed by atoms with Crippen molar-refractivity contribution in [3.8, 4) is 11.8 Å². The van der Waals surface area contributed by atoms with Crippen LogP contribution in [0.4, 0.5) is 23.2 Å². The van der Waals surface area contributed by atoms with Crippen LogP contribution in [0, 0.1) is 17.1 Å². The van der Waals surface area contributed by atoms with Crippen molar-refractivity contribution in [1.29, 1.82) is 5.26 Å². The lowest BCUT2D eigenvalue weighted by atomic mass is 9.72. The summed E-state index contributed by atoms with van der Waals surface area (Å²) in [5.41, 5.74) is -4.67. The van der Waals surface area contributed by atoms with Gasteiger partial charge in [0.2, 0.25) is 0 Å². The zero-order chi connectivity index (χ0) is 26.7. The highest BCUT2D eigenvalue weighted by Crippen LogP contribution is 2.39. The smallest absolute Gasteiger partial charge is 0.417 e. The van der Waals surface area contributed by atoms with E-state index in [4.69, 9.17) is 5.26 Å². The molecular weight excluding hydrogens is 476 g/mol. The van der Waals surface area contributed by atoms with Crippen molar-refractivity contribution in [2.75, 3.05) is 5.32 Å². The fraction of sp³-hybridized carbons (Fsp3) is 0.259. The van der Waals surface area contributed by atoms with Crippen molar-refractivity contribution in [2.24, 2.45) is 0 Å². The maximum absolute atomic E-state index is 13.9. The molecule has 0 aliphatic carbocycles.